The molecule has 4 heterocycles. The van der Waals surface area contributed by atoms with Gasteiger partial charge < -0.3 is 29.2 Å². The number of rotatable bonds is 7. The van der Waals surface area contributed by atoms with Crippen molar-refractivity contribution in [2.45, 2.75) is 37.9 Å². The normalized spacial score (nSPS) is 19.9. The molecule has 3 aromatic rings. The van der Waals surface area contributed by atoms with Gasteiger partial charge in [-0.25, -0.2) is 11.0 Å². The molecule has 3 aliphatic heterocycles. The summed E-state index contributed by atoms with van der Waals surface area (Å²) in [6.45, 7) is 15.8. The van der Waals surface area contributed by atoms with E-state index in [-0.39, 0.29) is 51.3 Å². The molecule has 0 unspecified atom stereocenters. The molecule has 2 saturated heterocycles. The molecule has 3 aliphatic rings. The zero-order valence-electron chi connectivity index (χ0n) is 25.0. The fourth-order valence-electron chi connectivity index (χ4n) is 6.52. The van der Waals surface area contributed by atoms with Crippen molar-refractivity contribution in [2.24, 2.45) is 0 Å². The number of halogens is 1. The second-order valence-electron chi connectivity index (χ2n) is 11.3. The summed E-state index contributed by atoms with van der Waals surface area (Å²) < 4.78 is 20.8. The van der Waals surface area contributed by atoms with E-state index in [1.54, 1.807) is 4.90 Å². The number of amides is 1. The summed E-state index contributed by atoms with van der Waals surface area (Å²) in [5.74, 6) is 0.436. The number of hydrogen-bond acceptors (Lipinski definition) is 7. The molecule has 0 aliphatic carbocycles. The Kier molecular flexibility index (Phi) is 11.0. The van der Waals surface area contributed by atoms with Crippen LogP contribution in [0, 0.1) is 12.4 Å². The van der Waals surface area contributed by atoms with E-state index in [1.807, 2.05) is 30.3 Å². The topological polar surface area (TPSA) is 69.4 Å². The molecule has 12 heteroatoms. The third-order valence-electron chi connectivity index (χ3n) is 8.83. The van der Waals surface area contributed by atoms with Crippen LogP contribution in [0.1, 0.15) is 24.1 Å². The first-order valence-corrected chi connectivity index (χ1v) is 14.6. The summed E-state index contributed by atoms with van der Waals surface area (Å²) in [5.41, 5.74) is 2.93. The van der Waals surface area contributed by atoms with Crippen LogP contribution in [0.4, 0.5) is 15.9 Å². The van der Waals surface area contributed by atoms with Crippen LogP contribution in [0.25, 0.3) is 15.6 Å². The van der Waals surface area contributed by atoms with Crippen molar-refractivity contribution in [3.63, 3.8) is 0 Å². The van der Waals surface area contributed by atoms with Gasteiger partial charge in [0, 0.05) is 54.2 Å². The largest absolute Gasteiger partial charge is 0.462 e. The maximum absolute atomic E-state index is 14.6. The minimum Gasteiger partial charge on any atom is -0.462 e. The van der Waals surface area contributed by atoms with Gasteiger partial charge in [-0.3, -0.25) is 4.79 Å². The first-order valence-electron chi connectivity index (χ1n) is 14.6. The molecule has 9 nitrogen and oxygen atoms in total. The van der Waals surface area contributed by atoms with E-state index in [2.05, 4.69) is 33.2 Å². The Hall–Kier alpha value is -3.53. The number of ether oxygens (including phenoxy) is 1. The molecular weight excluding hydrogens is 598 g/mol. The van der Waals surface area contributed by atoms with E-state index in [4.69, 9.17) is 21.3 Å². The Morgan fingerprint density at radius 1 is 1.09 bits per heavy atom. The standard InChI is InChI=1S/C32H36FN7O2.2H2S/c1-4-30(41)40-17-16-39(19-23(40)18-34-2)31-26-13-15-38(29-12-11-27(33)24-9-5-6-10-25(24)29)20-28(26)35-32(36-31)42-21-22-8-7-14-37(22)3;;/h4-6,9-12,22-23H,1,7-8,13-21H2,3H3;2*1H2/t22-,23-;;/m0../s1. The highest BCUT2D eigenvalue weighted by atomic mass is 32.1. The minimum atomic E-state index is -0.255. The molecule has 2 fully saturated rings. The number of likely N-dealkylation sites (tertiary alicyclic amines) is 1. The summed E-state index contributed by atoms with van der Waals surface area (Å²) in [6.07, 6.45) is 4.26. The number of carbonyl (C=O) groups excluding carboxylic acids is 1. The number of benzene rings is 2. The van der Waals surface area contributed by atoms with Gasteiger partial charge >= 0.3 is 6.01 Å². The Balaban J connectivity index is 0.00000221. The van der Waals surface area contributed by atoms with Crippen LogP contribution < -0.4 is 14.5 Å². The molecule has 0 bridgehead atoms. The van der Waals surface area contributed by atoms with Crippen molar-refractivity contribution in [2.75, 3.05) is 62.7 Å². The lowest BCUT2D eigenvalue weighted by Crippen LogP contribution is -2.56. The Morgan fingerprint density at radius 3 is 2.61 bits per heavy atom. The number of piperazine rings is 1. The SMILES string of the molecule is S.S.[C-]#[N+]C[C@H]1CN(c2nc(OC[C@@H]3CCCN3C)nc3c2CCN(c2ccc(F)c4ccccc24)C3)CCN1C(=O)C=C. The van der Waals surface area contributed by atoms with E-state index in [9.17, 15) is 9.18 Å². The maximum atomic E-state index is 14.6. The van der Waals surface area contributed by atoms with E-state index < -0.39 is 0 Å². The molecule has 6 rings (SSSR count). The van der Waals surface area contributed by atoms with Gasteiger partial charge in [0.15, 0.2) is 0 Å². The van der Waals surface area contributed by atoms with Gasteiger partial charge in [-0.1, -0.05) is 30.8 Å². The number of carbonyl (C=O) groups is 1. The van der Waals surface area contributed by atoms with Crippen LogP contribution in [0.3, 0.4) is 0 Å². The quantitative estimate of drug-likeness (QED) is 0.285. The highest BCUT2D eigenvalue weighted by Gasteiger charge is 2.35. The minimum absolute atomic E-state index is 0. The van der Waals surface area contributed by atoms with E-state index in [0.717, 1.165) is 54.1 Å². The fraction of sp³-hybridized carbons (Fsp3) is 0.438. The number of fused-ring (bicyclic) bond motifs is 2. The monoisotopic (exact) mass is 637 g/mol. The average molecular weight is 638 g/mol. The highest BCUT2D eigenvalue weighted by molar-refractivity contribution is 7.59. The van der Waals surface area contributed by atoms with Gasteiger partial charge in [-0.2, -0.15) is 37.0 Å². The average Bonchev–Trinajstić information content (AvgIpc) is 3.43. The maximum Gasteiger partial charge on any atom is 0.318 e. The van der Waals surface area contributed by atoms with Crippen molar-refractivity contribution in [3.05, 3.63) is 77.5 Å². The van der Waals surface area contributed by atoms with Crippen molar-refractivity contribution in [1.29, 1.82) is 0 Å². The van der Waals surface area contributed by atoms with Crippen LogP contribution in [0.5, 0.6) is 6.01 Å². The zero-order valence-corrected chi connectivity index (χ0v) is 27.0. The zero-order chi connectivity index (χ0) is 29.2. The summed E-state index contributed by atoms with van der Waals surface area (Å²) in [7, 11) is 2.12. The van der Waals surface area contributed by atoms with Crippen LogP contribution in [-0.4, -0.2) is 90.7 Å². The number of likely N-dealkylation sites (N-methyl/N-ethyl adjacent to an activating group) is 1. The molecule has 0 N–H and O–H groups in total. The van der Waals surface area contributed by atoms with Gasteiger partial charge in [0.1, 0.15) is 24.3 Å². The van der Waals surface area contributed by atoms with Gasteiger partial charge in [-0.05, 0) is 51.1 Å². The summed E-state index contributed by atoms with van der Waals surface area (Å²) in [6, 6.07) is 11.4. The lowest BCUT2D eigenvalue weighted by Gasteiger charge is -2.41. The highest BCUT2D eigenvalue weighted by Crippen LogP contribution is 2.35. The summed E-state index contributed by atoms with van der Waals surface area (Å²) in [4.78, 5) is 34.5. The van der Waals surface area contributed by atoms with Gasteiger partial charge in [0.2, 0.25) is 12.5 Å². The van der Waals surface area contributed by atoms with Crippen LogP contribution in [-0.2, 0) is 17.8 Å². The molecule has 1 amide bonds. The van der Waals surface area contributed by atoms with E-state index >= 15 is 0 Å². The molecule has 2 aromatic carbocycles. The van der Waals surface area contributed by atoms with E-state index in [1.165, 1.54) is 12.1 Å². The fourth-order valence-corrected chi connectivity index (χ4v) is 6.52. The summed E-state index contributed by atoms with van der Waals surface area (Å²) >= 11 is 0. The lowest BCUT2D eigenvalue weighted by molar-refractivity contribution is -0.128. The predicted molar refractivity (Wildman–Crippen MR) is 182 cm³/mol. The molecule has 0 spiro atoms. The molecule has 1 aromatic heterocycles. The van der Waals surface area contributed by atoms with Gasteiger partial charge in [0.25, 0.3) is 0 Å². The number of anilines is 2. The third-order valence-corrected chi connectivity index (χ3v) is 8.83. The smallest absolute Gasteiger partial charge is 0.318 e. The Morgan fingerprint density at radius 2 is 1.89 bits per heavy atom. The second kappa shape index (κ2) is 14.5. The van der Waals surface area contributed by atoms with Crippen LogP contribution >= 0.6 is 27.0 Å². The van der Waals surface area contributed by atoms with Crippen LogP contribution in [0.2, 0.25) is 0 Å². The number of hydrogen-bond donors (Lipinski definition) is 0. The molecule has 44 heavy (non-hydrogen) atoms. The lowest BCUT2D eigenvalue weighted by atomic mass is 10.0. The molecule has 2 atom stereocenters. The van der Waals surface area contributed by atoms with Gasteiger partial charge in [-0.15, -0.1) is 0 Å². The van der Waals surface area contributed by atoms with Crippen molar-refractivity contribution in [1.82, 2.24) is 19.8 Å². The van der Waals surface area contributed by atoms with Crippen molar-refractivity contribution >= 4 is 55.2 Å². The molecule has 0 saturated carbocycles. The van der Waals surface area contributed by atoms with E-state index in [0.29, 0.717) is 56.6 Å². The first-order chi connectivity index (χ1) is 20.5. The van der Waals surface area contributed by atoms with Gasteiger partial charge in [0.05, 0.1) is 12.2 Å². The predicted octanol–water partition coefficient (Wildman–Crippen LogP) is 4.15. The molecular formula is C32H40FN7O2S2. The van der Waals surface area contributed by atoms with Crippen molar-refractivity contribution in [3.8, 4) is 6.01 Å². The number of nitrogens with zero attached hydrogens (tertiary/aromatic N) is 7. The van der Waals surface area contributed by atoms with Crippen LogP contribution in [0.15, 0.2) is 49.1 Å². The molecule has 0 radical (unpaired) electrons. The summed E-state index contributed by atoms with van der Waals surface area (Å²) in [5, 5.41) is 1.48. The molecule has 234 valence electrons. The Bertz CT molecular complexity index is 1550. The third kappa shape index (κ3) is 6.60. The second-order valence-corrected chi connectivity index (χ2v) is 11.3. The number of aromatic nitrogens is 2. The van der Waals surface area contributed by atoms with Crippen molar-refractivity contribution < 1.29 is 13.9 Å². The first kappa shape index (κ1) is 33.4. The Labute approximate surface area is 272 Å².